The molecular weight excluding hydrogens is 641 g/mol. The highest BCUT2D eigenvalue weighted by atomic mass is 28.3. The van der Waals surface area contributed by atoms with E-state index in [0.717, 1.165) is 32.3 Å². The first kappa shape index (κ1) is 37.4. The maximum atomic E-state index is 6.46. The lowest BCUT2D eigenvalue weighted by Crippen LogP contribution is -2.72. The third kappa shape index (κ3) is 5.44. The molecule has 0 N–H and O–H groups in total. The molecule has 10 heteroatoms. The molecule has 266 valence electrons. The second-order valence-electron chi connectivity index (χ2n) is 12.4. The van der Waals surface area contributed by atoms with E-state index >= 15 is 0 Å². The van der Waals surface area contributed by atoms with Gasteiger partial charge in [0.1, 0.15) is 0 Å². The van der Waals surface area contributed by atoms with Gasteiger partial charge in [0.25, 0.3) is 0 Å². The van der Waals surface area contributed by atoms with Gasteiger partial charge in [-0.15, -0.1) is 0 Å². The highest BCUT2D eigenvalue weighted by Gasteiger charge is 2.58. The molecule has 1 aliphatic carbocycles. The Morgan fingerprint density at radius 3 is 0.816 bits per heavy atom. The summed E-state index contributed by atoms with van der Waals surface area (Å²) in [5.41, 5.74) is 7.69. The second-order valence-corrected chi connectivity index (χ2v) is 16.1. The van der Waals surface area contributed by atoms with Crippen LogP contribution in [0.25, 0.3) is 0 Å². The molecule has 0 aromatic heterocycles. The maximum absolute atomic E-state index is 6.46. The van der Waals surface area contributed by atoms with Crippen molar-refractivity contribution in [1.29, 1.82) is 0 Å². The van der Waals surface area contributed by atoms with Gasteiger partial charge >= 0.3 is 0 Å². The number of methoxy groups -OCH3 is 9. The minimum Gasteiger partial charge on any atom is -0.493 e. The Morgan fingerprint density at radius 2 is 0.612 bits per heavy atom. The first-order valence-electron chi connectivity index (χ1n) is 16.1. The van der Waals surface area contributed by atoms with E-state index in [1.165, 1.54) is 22.3 Å². The molecule has 0 bridgehead atoms. The zero-order valence-corrected chi connectivity index (χ0v) is 33.0. The molecule has 49 heavy (non-hydrogen) atoms. The molecule has 4 rings (SSSR count). The van der Waals surface area contributed by atoms with Crippen LogP contribution in [-0.4, -0.2) is 72.1 Å². The summed E-state index contributed by atoms with van der Waals surface area (Å²) in [5.74, 6) is 4.88. The largest absolute Gasteiger partial charge is 0.493 e. The number of rotatable bonds is 13. The molecule has 0 unspecified atom stereocenters. The van der Waals surface area contributed by atoms with Gasteiger partial charge in [0.2, 0.25) is 17.2 Å². The molecule has 0 aliphatic heterocycles. The normalized spacial score (nSPS) is 13.5. The smallest absolute Gasteiger partial charge is 0.203 e. The van der Waals surface area contributed by atoms with Crippen molar-refractivity contribution in [3.63, 3.8) is 0 Å². The first-order chi connectivity index (χ1) is 23.4. The lowest BCUT2D eigenvalue weighted by atomic mass is 10.1. The molecule has 0 radical (unpaired) electrons. The summed E-state index contributed by atoms with van der Waals surface area (Å²) < 4.78 is 55.4. The number of ether oxygens (including phenoxy) is 9. The van der Waals surface area contributed by atoms with Gasteiger partial charge in [-0.25, -0.2) is 0 Å². The molecule has 0 spiro atoms. The van der Waals surface area contributed by atoms with Gasteiger partial charge in [0.15, 0.2) is 42.6 Å². The van der Waals surface area contributed by atoms with E-state index < -0.39 is 8.07 Å². The molecule has 0 fully saturated rings. The summed E-state index contributed by atoms with van der Waals surface area (Å²) in [6.07, 6.45) is 0. The van der Waals surface area contributed by atoms with Crippen molar-refractivity contribution >= 4 is 23.6 Å². The van der Waals surface area contributed by atoms with Crippen molar-refractivity contribution in [1.82, 2.24) is 0 Å². The molecule has 0 heterocycles. The maximum Gasteiger partial charge on any atom is 0.203 e. The molecule has 9 nitrogen and oxygen atoms in total. The zero-order valence-electron chi connectivity index (χ0n) is 32.0. The second kappa shape index (κ2) is 14.6. The van der Waals surface area contributed by atoms with Crippen LogP contribution in [0.5, 0.6) is 51.7 Å². The monoisotopic (exact) mass is 692 g/mol. The summed E-state index contributed by atoms with van der Waals surface area (Å²) in [5, 5.41) is 2.92. The Balaban J connectivity index is 2.61. The van der Waals surface area contributed by atoms with Crippen molar-refractivity contribution in [3.05, 3.63) is 57.2 Å². The van der Waals surface area contributed by atoms with Crippen molar-refractivity contribution in [2.24, 2.45) is 0 Å². The van der Waals surface area contributed by atoms with Crippen LogP contribution in [0.2, 0.25) is 5.54 Å². The Morgan fingerprint density at radius 1 is 0.367 bits per heavy atom. The molecular formula is C39H52O9Si. The van der Waals surface area contributed by atoms with Crippen molar-refractivity contribution in [2.45, 2.75) is 54.0 Å². The molecule has 3 aromatic carbocycles. The molecule has 3 aromatic rings. The average Bonchev–Trinajstić information content (AvgIpc) is 3.29. The van der Waals surface area contributed by atoms with Gasteiger partial charge in [0, 0.05) is 5.54 Å². The van der Waals surface area contributed by atoms with E-state index in [-0.39, 0.29) is 5.54 Å². The van der Waals surface area contributed by atoms with Crippen LogP contribution in [0, 0.1) is 20.8 Å². The van der Waals surface area contributed by atoms with E-state index in [4.69, 9.17) is 42.6 Å². The molecule has 0 saturated carbocycles. The predicted molar refractivity (Wildman–Crippen MR) is 198 cm³/mol. The fourth-order valence-corrected chi connectivity index (χ4v) is 15.3. The highest BCUT2D eigenvalue weighted by Crippen LogP contribution is 2.53. The van der Waals surface area contributed by atoms with Gasteiger partial charge in [-0.2, -0.15) is 0 Å². The predicted octanol–water partition coefficient (Wildman–Crippen LogP) is 6.22. The summed E-state index contributed by atoms with van der Waals surface area (Å²) in [7, 11) is 11.1. The van der Waals surface area contributed by atoms with Crippen LogP contribution in [0.4, 0.5) is 0 Å². The minimum atomic E-state index is -3.68. The van der Waals surface area contributed by atoms with Crippen LogP contribution < -0.4 is 58.2 Å². The summed E-state index contributed by atoms with van der Waals surface area (Å²) in [6.45, 7) is 15.1. The van der Waals surface area contributed by atoms with Crippen LogP contribution in [0.1, 0.15) is 44.4 Å². The Labute approximate surface area is 292 Å². The standard InChI is InChI=1S/C39H52O9Si/c1-20-17-27(40-8)30(43-11)33(46-14)36(20)49(39-25(6)23(4)24(5)26(39)7,37-21(2)18-28(41-9)31(44-12)34(37)47-15)38-22(3)19-29(42-10)32(45-13)35(38)48-16/h17-19,39H,1-16H3. The number of hydrogen-bond donors (Lipinski definition) is 0. The lowest BCUT2D eigenvalue weighted by Gasteiger charge is -2.45. The third-order valence-electron chi connectivity index (χ3n) is 10.3. The van der Waals surface area contributed by atoms with Gasteiger partial charge in [-0.1, -0.05) is 11.1 Å². The highest BCUT2D eigenvalue weighted by molar-refractivity contribution is 7.15. The van der Waals surface area contributed by atoms with Gasteiger partial charge < -0.3 is 42.6 Å². The molecule has 0 amide bonds. The third-order valence-corrected chi connectivity index (χ3v) is 16.3. The van der Waals surface area contributed by atoms with Crippen LogP contribution in [-0.2, 0) is 0 Å². The summed E-state index contributed by atoms with van der Waals surface area (Å²) in [4.78, 5) is 0. The quantitative estimate of drug-likeness (QED) is 0.153. The lowest BCUT2D eigenvalue weighted by molar-refractivity contribution is 0.324. The van der Waals surface area contributed by atoms with E-state index in [9.17, 15) is 0 Å². The van der Waals surface area contributed by atoms with E-state index in [2.05, 4.69) is 48.5 Å². The van der Waals surface area contributed by atoms with Crippen LogP contribution in [0.3, 0.4) is 0 Å². The number of benzene rings is 3. The average molecular weight is 693 g/mol. The molecule has 1 aliphatic rings. The van der Waals surface area contributed by atoms with Crippen molar-refractivity contribution in [3.8, 4) is 51.7 Å². The molecule has 0 atom stereocenters. The van der Waals surface area contributed by atoms with E-state index in [1.807, 2.05) is 18.2 Å². The Hall–Kier alpha value is -4.44. The van der Waals surface area contributed by atoms with Gasteiger partial charge in [-0.3, -0.25) is 0 Å². The SMILES string of the molecule is COc1cc(C)c([Si](c2c(C)cc(OC)c(OC)c2OC)(c2c(C)cc(OC)c(OC)c2OC)C2C(C)=C(C)C(C)=C2C)c(OC)c1OC. The van der Waals surface area contributed by atoms with E-state index in [0.29, 0.717) is 51.7 Å². The van der Waals surface area contributed by atoms with Gasteiger partial charge in [0.05, 0.1) is 64.0 Å². The summed E-state index contributed by atoms with van der Waals surface area (Å²) in [6, 6.07) is 6.07. The minimum absolute atomic E-state index is 0.144. The Kier molecular flexibility index (Phi) is 11.1. The number of allylic oxidation sites excluding steroid dienone is 4. The van der Waals surface area contributed by atoms with Crippen LogP contribution in [0.15, 0.2) is 40.5 Å². The fraction of sp³-hybridized carbons (Fsp3) is 0.436. The Bertz CT molecular complexity index is 1630. The fourth-order valence-electron chi connectivity index (χ4n) is 8.11. The van der Waals surface area contributed by atoms with Crippen molar-refractivity contribution in [2.75, 3.05) is 64.0 Å². The number of hydrogen-bond acceptors (Lipinski definition) is 9. The number of aryl methyl sites for hydroxylation is 3. The van der Waals surface area contributed by atoms with E-state index in [1.54, 1.807) is 64.0 Å². The first-order valence-corrected chi connectivity index (χ1v) is 18.2. The molecule has 0 saturated heterocycles. The van der Waals surface area contributed by atoms with Gasteiger partial charge in [-0.05, 0) is 110 Å². The van der Waals surface area contributed by atoms with Crippen molar-refractivity contribution < 1.29 is 42.6 Å². The summed E-state index contributed by atoms with van der Waals surface area (Å²) >= 11 is 0. The zero-order chi connectivity index (χ0) is 36.5. The van der Waals surface area contributed by atoms with Crippen LogP contribution >= 0.6 is 0 Å². The topological polar surface area (TPSA) is 83.1 Å².